The van der Waals surface area contributed by atoms with Crippen LogP contribution in [0.4, 0.5) is 10.2 Å². The Morgan fingerprint density at radius 3 is 2.62 bits per heavy atom. The molecule has 0 radical (unpaired) electrons. The van der Waals surface area contributed by atoms with E-state index in [1.807, 2.05) is 6.92 Å². The van der Waals surface area contributed by atoms with E-state index in [1.54, 1.807) is 30.0 Å². The minimum atomic E-state index is -0.434. The third-order valence-electron chi connectivity index (χ3n) is 3.98. The molecule has 0 atom stereocenters. The molecule has 1 aliphatic rings. The summed E-state index contributed by atoms with van der Waals surface area (Å²) in [5.74, 6) is 0.780. The number of rotatable bonds is 3. The molecule has 1 amide bonds. The van der Waals surface area contributed by atoms with Crippen molar-refractivity contribution in [3.05, 3.63) is 42.0 Å². The molecule has 2 heterocycles. The molecular formula is C17H19FN4O2. The van der Waals surface area contributed by atoms with Crippen molar-refractivity contribution in [1.29, 1.82) is 0 Å². The van der Waals surface area contributed by atoms with Crippen LogP contribution in [-0.2, 0) is 4.79 Å². The highest BCUT2D eigenvalue weighted by Gasteiger charge is 2.20. The molecular weight excluding hydrogens is 311 g/mol. The number of amides is 1. The molecule has 1 aromatic heterocycles. The molecule has 1 fully saturated rings. The maximum absolute atomic E-state index is 13.8. The third-order valence-corrected chi connectivity index (χ3v) is 3.98. The Balaban J connectivity index is 1.73. The zero-order chi connectivity index (χ0) is 17.1. The molecule has 2 aromatic rings. The van der Waals surface area contributed by atoms with E-state index in [0.717, 1.165) is 5.56 Å². The Labute approximate surface area is 139 Å². The number of nitrogens with zero attached hydrogens (tertiary/aromatic N) is 4. The SMILES string of the molecule is CC(=O)N1CCN(c2cc(Oc3cc(C)ccc3F)ncn2)CC1. The highest BCUT2D eigenvalue weighted by molar-refractivity contribution is 5.73. The van der Waals surface area contributed by atoms with Crippen LogP contribution < -0.4 is 9.64 Å². The fraction of sp³-hybridized carbons (Fsp3) is 0.353. The van der Waals surface area contributed by atoms with Gasteiger partial charge in [0.05, 0.1) is 0 Å². The van der Waals surface area contributed by atoms with E-state index in [9.17, 15) is 9.18 Å². The number of halogens is 1. The van der Waals surface area contributed by atoms with Gasteiger partial charge in [-0.05, 0) is 24.6 Å². The van der Waals surface area contributed by atoms with Gasteiger partial charge >= 0.3 is 0 Å². The summed E-state index contributed by atoms with van der Waals surface area (Å²) in [5, 5.41) is 0. The van der Waals surface area contributed by atoms with Gasteiger partial charge in [-0.3, -0.25) is 4.79 Å². The van der Waals surface area contributed by atoms with Crippen molar-refractivity contribution in [2.45, 2.75) is 13.8 Å². The van der Waals surface area contributed by atoms with Gasteiger partial charge in [0.1, 0.15) is 12.1 Å². The molecule has 0 spiro atoms. The molecule has 0 bridgehead atoms. The minimum Gasteiger partial charge on any atom is -0.436 e. The predicted molar refractivity (Wildman–Crippen MR) is 87.7 cm³/mol. The Bertz CT molecular complexity index is 745. The van der Waals surface area contributed by atoms with Gasteiger partial charge in [0.2, 0.25) is 11.8 Å². The smallest absolute Gasteiger partial charge is 0.224 e. The molecule has 0 N–H and O–H groups in total. The van der Waals surface area contributed by atoms with Gasteiger partial charge in [0, 0.05) is 39.2 Å². The Hall–Kier alpha value is -2.70. The van der Waals surface area contributed by atoms with Crippen LogP contribution in [0.15, 0.2) is 30.6 Å². The summed E-state index contributed by atoms with van der Waals surface area (Å²) in [5.41, 5.74) is 0.904. The highest BCUT2D eigenvalue weighted by atomic mass is 19.1. The van der Waals surface area contributed by atoms with E-state index in [1.165, 1.54) is 12.4 Å². The van der Waals surface area contributed by atoms with Crippen molar-refractivity contribution in [3.63, 3.8) is 0 Å². The topological polar surface area (TPSA) is 58.6 Å². The minimum absolute atomic E-state index is 0.0799. The van der Waals surface area contributed by atoms with Gasteiger partial charge in [-0.1, -0.05) is 6.07 Å². The zero-order valence-corrected chi connectivity index (χ0v) is 13.7. The largest absolute Gasteiger partial charge is 0.436 e. The number of carbonyl (C=O) groups excluding carboxylic acids is 1. The molecule has 24 heavy (non-hydrogen) atoms. The molecule has 6 nitrogen and oxygen atoms in total. The predicted octanol–water partition coefficient (Wildman–Crippen LogP) is 2.38. The quantitative estimate of drug-likeness (QED) is 0.865. The summed E-state index contributed by atoms with van der Waals surface area (Å²) in [6.07, 6.45) is 1.40. The van der Waals surface area contributed by atoms with Gasteiger partial charge < -0.3 is 14.5 Å². The number of benzene rings is 1. The Kier molecular flexibility index (Phi) is 4.59. The molecule has 7 heteroatoms. The molecule has 0 aliphatic carbocycles. The molecule has 1 aromatic carbocycles. The van der Waals surface area contributed by atoms with Crippen molar-refractivity contribution < 1.29 is 13.9 Å². The molecule has 3 rings (SSSR count). The normalized spacial score (nSPS) is 14.6. The molecule has 0 unspecified atom stereocenters. The van der Waals surface area contributed by atoms with Gasteiger partial charge in [-0.25, -0.2) is 14.4 Å². The lowest BCUT2D eigenvalue weighted by Crippen LogP contribution is -2.48. The van der Waals surface area contributed by atoms with Crippen molar-refractivity contribution in [3.8, 4) is 11.6 Å². The van der Waals surface area contributed by atoms with Crippen LogP contribution in [0.25, 0.3) is 0 Å². The summed E-state index contributed by atoms with van der Waals surface area (Å²) in [7, 11) is 0. The van der Waals surface area contributed by atoms with Crippen LogP contribution >= 0.6 is 0 Å². The third kappa shape index (κ3) is 3.61. The first-order chi connectivity index (χ1) is 11.5. The summed E-state index contributed by atoms with van der Waals surface area (Å²) in [6, 6.07) is 6.36. The molecule has 1 saturated heterocycles. The number of ether oxygens (including phenoxy) is 1. The van der Waals surface area contributed by atoms with Crippen molar-refractivity contribution >= 4 is 11.7 Å². The number of hydrogen-bond acceptors (Lipinski definition) is 5. The van der Waals surface area contributed by atoms with E-state index in [2.05, 4.69) is 14.9 Å². The van der Waals surface area contributed by atoms with E-state index < -0.39 is 5.82 Å². The number of carbonyl (C=O) groups is 1. The van der Waals surface area contributed by atoms with Crippen LogP contribution in [0.2, 0.25) is 0 Å². The second-order valence-electron chi connectivity index (χ2n) is 5.74. The van der Waals surface area contributed by atoms with E-state index >= 15 is 0 Å². The van der Waals surface area contributed by atoms with Crippen LogP contribution in [0.3, 0.4) is 0 Å². The first kappa shape index (κ1) is 16.2. The monoisotopic (exact) mass is 330 g/mol. The van der Waals surface area contributed by atoms with E-state index in [0.29, 0.717) is 37.9 Å². The van der Waals surface area contributed by atoms with E-state index in [4.69, 9.17) is 4.74 Å². The van der Waals surface area contributed by atoms with Crippen molar-refractivity contribution in [1.82, 2.24) is 14.9 Å². The van der Waals surface area contributed by atoms with Crippen LogP contribution in [-0.4, -0.2) is 47.0 Å². The lowest BCUT2D eigenvalue weighted by Gasteiger charge is -2.34. The average molecular weight is 330 g/mol. The summed E-state index contributed by atoms with van der Waals surface area (Å²) in [6.45, 7) is 6.13. The first-order valence-electron chi connectivity index (χ1n) is 7.79. The maximum Gasteiger partial charge on any atom is 0.224 e. The number of anilines is 1. The van der Waals surface area contributed by atoms with Gasteiger partial charge in [-0.2, -0.15) is 0 Å². The second kappa shape index (κ2) is 6.82. The van der Waals surface area contributed by atoms with Gasteiger partial charge in [0.25, 0.3) is 0 Å². The Morgan fingerprint density at radius 1 is 1.17 bits per heavy atom. The standard InChI is InChI=1S/C17H19FN4O2/c1-12-3-4-14(18)15(9-12)24-17-10-16(19-11-20-17)22-7-5-21(6-8-22)13(2)23/h3-4,9-11H,5-8H2,1-2H3. The van der Waals surface area contributed by atoms with Crippen LogP contribution in [0.1, 0.15) is 12.5 Å². The number of hydrogen-bond donors (Lipinski definition) is 0. The van der Waals surface area contributed by atoms with E-state index in [-0.39, 0.29) is 11.7 Å². The lowest BCUT2D eigenvalue weighted by molar-refractivity contribution is -0.129. The number of aromatic nitrogens is 2. The molecule has 126 valence electrons. The number of piperazine rings is 1. The average Bonchev–Trinajstić information content (AvgIpc) is 2.58. The van der Waals surface area contributed by atoms with Gasteiger partial charge in [0.15, 0.2) is 11.6 Å². The van der Waals surface area contributed by atoms with Crippen LogP contribution in [0, 0.1) is 12.7 Å². The maximum atomic E-state index is 13.8. The first-order valence-corrected chi connectivity index (χ1v) is 7.79. The lowest BCUT2D eigenvalue weighted by atomic mass is 10.2. The van der Waals surface area contributed by atoms with Crippen molar-refractivity contribution in [2.75, 3.05) is 31.1 Å². The summed E-state index contributed by atoms with van der Waals surface area (Å²) < 4.78 is 19.4. The zero-order valence-electron chi connectivity index (χ0n) is 13.7. The molecule has 0 saturated carbocycles. The molecule has 1 aliphatic heterocycles. The fourth-order valence-electron chi connectivity index (χ4n) is 2.61. The van der Waals surface area contributed by atoms with Crippen molar-refractivity contribution in [2.24, 2.45) is 0 Å². The van der Waals surface area contributed by atoms with Gasteiger partial charge in [-0.15, -0.1) is 0 Å². The Morgan fingerprint density at radius 2 is 1.92 bits per heavy atom. The fourth-order valence-corrected chi connectivity index (χ4v) is 2.61. The number of aryl methyl sites for hydroxylation is 1. The summed E-state index contributed by atoms with van der Waals surface area (Å²) >= 11 is 0. The second-order valence-corrected chi connectivity index (χ2v) is 5.74. The van der Waals surface area contributed by atoms with Crippen LogP contribution in [0.5, 0.6) is 11.6 Å². The highest BCUT2D eigenvalue weighted by Crippen LogP contribution is 2.26. The summed E-state index contributed by atoms with van der Waals surface area (Å²) in [4.78, 5) is 23.5.